The molecule has 2 N–H and O–H groups in total. The van der Waals surface area contributed by atoms with E-state index in [-0.39, 0.29) is 18.4 Å². The number of ether oxygens (including phenoxy) is 1. The van der Waals surface area contributed by atoms with Crippen LogP contribution in [-0.2, 0) is 6.42 Å². The Bertz CT molecular complexity index is 820. The quantitative estimate of drug-likeness (QED) is 0.649. The van der Waals surface area contributed by atoms with E-state index in [9.17, 15) is 0 Å². The summed E-state index contributed by atoms with van der Waals surface area (Å²) < 4.78 is 10.7. The lowest BCUT2D eigenvalue weighted by atomic mass is 10.1. The van der Waals surface area contributed by atoms with Gasteiger partial charge in [0.05, 0.1) is 18.4 Å². The molecular formula is C19H23ClN4O2. The van der Waals surface area contributed by atoms with E-state index in [0.29, 0.717) is 18.1 Å². The van der Waals surface area contributed by atoms with E-state index in [2.05, 4.69) is 27.7 Å². The van der Waals surface area contributed by atoms with E-state index in [0.717, 1.165) is 22.7 Å². The molecule has 1 heterocycles. The van der Waals surface area contributed by atoms with Crippen LogP contribution < -0.4 is 15.4 Å². The lowest BCUT2D eigenvalue weighted by Gasteiger charge is -2.10. The topological polar surface area (TPSA) is 72.2 Å². The zero-order valence-corrected chi connectivity index (χ0v) is 15.8. The lowest BCUT2D eigenvalue weighted by molar-refractivity contribution is 0.415. The molecule has 3 rings (SSSR count). The molecule has 26 heavy (non-hydrogen) atoms. The predicted molar refractivity (Wildman–Crippen MR) is 105 cm³/mol. The van der Waals surface area contributed by atoms with Gasteiger partial charge in [-0.15, -0.1) is 12.4 Å². The third-order valence-electron chi connectivity index (χ3n) is 3.98. The van der Waals surface area contributed by atoms with Gasteiger partial charge in [-0.25, -0.2) is 0 Å². The van der Waals surface area contributed by atoms with Gasteiger partial charge < -0.3 is 19.9 Å². The van der Waals surface area contributed by atoms with Crippen molar-refractivity contribution in [2.75, 3.05) is 19.5 Å². The first-order valence-corrected chi connectivity index (χ1v) is 8.20. The minimum atomic E-state index is 0. The highest BCUT2D eigenvalue weighted by atomic mass is 35.5. The van der Waals surface area contributed by atoms with Gasteiger partial charge in [0.2, 0.25) is 0 Å². The Kier molecular flexibility index (Phi) is 7.00. The van der Waals surface area contributed by atoms with Crippen LogP contribution in [0.3, 0.4) is 0 Å². The van der Waals surface area contributed by atoms with Crippen molar-refractivity contribution in [3.63, 3.8) is 0 Å². The van der Waals surface area contributed by atoms with Crippen LogP contribution in [0.25, 0.3) is 11.5 Å². The standard InChI is InChI=1S/C19H22N4O2.ClH/c1-13(20-2)12-18-22-19(25-23-18)16-6-4-5-7-17(16)21-14-8-10-15(24-3)11-9-14;/h4-11,13,20-21H,12H2,1-3H3;1H. The summed E-state index contributed by atoms with van der Waals surface area (Å²) >= 11 is 0. The van der Waals surface area contributed by atoms with Crippen LogP contribution in [0.5, 0.6) is 5.75 Å². The van der Waals surface area contributed by atoms with Gasteiger partial charge in [0.1, 0.15) is 5.75 Å². The second kappa shape index (κ2) is 9.22. The summed E-state index contributed by atoms with van der Waals surface area (Å²) in [5, 5.41) is 10.6. The van der Waals surface area contributed by atoms with Crippen LogP contribution in [0.2, 0.25) is 0 Å². The smallest absolute Gasteiger partial charge is 0.260 e. The fourth-order valence-electron chi connectivity index (χ4n) is 2.43. The Morgan fingerprint density at radius 1 is 1.12 bits per heavy atom. The van der Waals surface area contributed by atoms with Gasteiger partial charge in [-0.05, 0) is 50.4 Å². The summed E-state index contributed by atoms with van der Waals surface area (Å²) in [6.07, 6.45) is 0.716. The van der Waals surface area contributed by atoms with Gasteiger partial charge in [-0.3, -0.25) is 0 Å². The number of para-hydroxylation sites is 1. The second-order valence-corrected chi connectivity index (χ2v) is 5.81. The van der Waals surface area contributed by atoms with Crippen molar-refractivity contribution in [3.05, 3.63) is 54.4 Å². The van der Waals surface area contributed by atoms with Gasteiger partial charge in [0, 0.05) is 18.2 Å². The molecule has 1 aromatic heterocycles. The number of benzene rings is 2. The molecule has 6 nitrogen and oxygen atoms in total. The molecule has 0 fully saturated rings. The lowest BCUT2D eigenvalue weighted by Crippen LogP contribution is -2.24. The molecule has 1 atom stereocenters. The number of aromatic nitrogens is 2. The van der Waals surface area contributed by atoms with Crippen molar-refractivity contribution in [3.8, 4) is 17.2 Å². The second-order valence-electron chi connectivity index (χ2n) is 5.81. The van der Waals surface area contributed by atoms with Crippen molar-refractivity contribution in [1.82, 2.24) is 15.5 Å². The molecule has 0 aliphatic carbocycles. The van der Waals surface area contributed by atoms with E-state index >= 15 is 0 Å². The summed E-state index contributed by atoms with van der Waals surface area (Å²) in [5.41, 5.74) is 2.73. The van der Waals surface area contributed by atoms with Crippen LogP contribution in [0.1, 0.15) is 12.7 Å². The zero-order chi connectivity index (χ0) is 17.6. The molecule has 3 aromatic rings. The highest BCUT2D eigenvalue weighted by molar-refractivity contribution is 5.85. The molecule has 0 saturated heterocycles. The van der Waals surface area contributed by atoms with E-state index < -0.39 is 0 Å². The number of anilines is 2. The Morgan fingerprint density at radius 2 is 1.85 bits per heavy atom. The number of hydrogen-bond acceptors (Lipinski definition) is 6. The Morgan fingerprint density at radius 3 is 2.54 bits per heavy atom. The number of hydrogen-bond donors (Lipinski definition) is 2. The molecule has 1 unspecified atom stereocenters. The molecule has 0 saturated carbocycles. The minimum absolute atomic E-state index is 0. The van der Waals surface area contributed by atoms with Crippen LogP contribution in [0.15, 0.2) is 53.1 Å². The molecule has 0 amide bonds. The summed E-state index contributed by atoms with van der Waals surface area (Å²) in [6.45, 7) is 2.08. The number of rotatable bonds is 7. The monoisotopic (exact) mass is 374 g/mol. The number of nitrogens with zero attached hydrogens (tertiary/aromatic N) is 2. The zero-order valence-electron chi connectivity index (χ0n) is 15.0. The molecule has 0 aliphatic rings. The first-order chi connectivity index (χ1) is 12.2. The summed E-state index contributed by atoms with van der Waals surface area (Å²) in [6, 6.07) is 15.9. The molecule has 0 radical (unpaired) electrons. The van der Waals surface area contributed by atoms with Gasteiger partial charge >= 0.3 is 0 Å². The molecular weight excluding hydrogens is 352 g/mol. The van der Waals surface area contributed by atoms with E-state index in [1.54, 1.807) is 7.11 Å². The largest absolute Gasteiger partial charge is 0.497 e. The predicted octanol–water partition coefficient (Wildman–Crippen LogP) is 4.06. The average molecular weight is 375 g/mol. The SMILES string of the molecule is CNC(C)Cc1noc(-c2ccccc2Nc2ccc(OC)cc2)n1.Cl. The maximum Gasteiger partial charge on any atom is 0.260 e. The minimum Gasteiger partial charge on any atom is -0.497 e. The van der Waals surface area contributed by atoms with Crippen molar-refractivity contribution in [2.45, 2.75) is 19.4 Å². The van der Waals surface area contributed by atoms with Gasteiger partial charge in [-0.1, -0.05) is 17.3 Å². The van der Waals surface area contributed by atoms with Crippen LogP contribution in [-0.4, -0.2) is 30.3 Å². The summed E-state index contributed by atoms with van der Waals surface area (Å²) in [4.78, 5) is 4.52. The van der Waals surface area contributed by atoms with Crippen molar-refractivity contribution < 1.29 is 9.26 Å². The van der Waals surface area contributed by atoms with Crippen LogP contribution in [0, 0.1) is 0 Å². The van der Waals surface area contributed by atoms with Crippen LogP contribution >= 0.6 is 12.4 Å². The molecule has 0 spiro atoms. The number of nitrogens with one attached hydrogen (secondary N) is 2. The number of halogens is 1. The first-order valence-electron chi connectivity index (χ1n) is 8.20. The maximum absolute atomic E-state index is 5.46. The molecule has 138 valence electrons. The van der Waals surface area contributed by atoms with Crippen molar-refractivity contribution >= 4 is 23.8 Å². The molecule has 7 heteroatoms. The number of methoxy groups -OCH3 is 1. The molecule has 0 bridgehead atoms. The molecule has 0 aliphatic heterocycles. The van der Waals surface area contributed by atoms with Gasteiger partial charge in [0.25, 0.3) is 5.89 Å². The maximum atomic E-state index is 5.46. The average Bonchev–Trinajstić information content (AvgIpc) is 3.11. The Labute approximate surface area is 159 Å². The highest BCUT2D eigenvalue weighted by Crippen LogP contribution is 2.29. The Balaban J connectivity index is 0.00000243. The third-order valence-corrected chi connectivity index (χ3v) is 3.98. The van der Waals surface area contributed by atoms with E-state index in [4.69, 9.17) is 9.26 Å². The fraction of sp³-hybridized carbons (Fsp3) is 0.263. The third kappa shape index (κ3) is 4.74. The van der Waals surface area contributed by atoms with Crippen molar-refractivity contribution in [2.24, 2.45) is 0 Å². The number of likely N-dealkylation sites (N-methyl/N-ethyl adjacent to an activating group) is 1. The fourth-order valence-corrected chi connectivity index (χ4v) is 2.43. The van der Waals surface area contributed by atoms with Gasteiger partial charge in [0.15, 0.2) is 5.82 Å². The van der Waals surface area contributed by atoms with E-state index in [1.807, 2.05) is 55.6 Å². The normalized spacial score (nSPS) is 11.5. The highest BCUT2D eigenvalue weighted by Gasteiger charge is 2.14. The van der Waals surface area contributed by atoms with E-state index in [1.165, 1.54) is 0 Å². The molecule has 2 aromatic carbocycles. The first kappa shape index (κ1) is 19.8. The van der Waals surface area contributed by atoms with Gasteiger partial charge in [-0.2, -0.15) is 4.98 Å². The summed E-state index contributed by atoms with van der Waals surface area (Å²) in [7, 11) is 3.57. The van der Waals surface area contributed by atoms with Crippen molar-refractivity contribution in [1.29, 1.82) is 0 Å². The van der Waals surface area contributed by atoms with Crippen LogP contribution in [0.4, 0.5) is 11.4 Å². The Hall–Kier alpha value is -2.57. The summed E-state index contributed by atoms with van der Waals surface area (Å²) in [5.74, 6) is 2.02.